The molecule has 0 fully saturated rings. The molecule has 0 saturated carbocycles. The van der Waals surface area contributed by atoms with E-state index in [1.807, 2.05) is 18.7 Å². The average molecular weight is 151 g/mol. The lowest BCUT2D eigenvalue weighted by atomic mass is 10.2. The molecule has 2 atom stereocenters. The number of hydrogen-bond donors (Lipinski definition) is 0. The van der Waals surface area contributed by atoms with E-state index in [1.165, 1.54) is 0 Å². The summed E-state index contributed by atoms with van der Waals surface area (Å²) in [5.74, 6) is 0. The molecule has 0 saturated heterocycles. The number of rotatable bonds is 3. The van der Waals surface area contributed by atoms with Crippen LogP contribution in [0.3, 0.4) is 0 Å². The lowest BCUT2D eigenvalue weighted by Crippen LogP contribution is -2.41. The van der Waals surface area contributed by atoms with Crippen molar-refractivity contribution in [2.45, 2.75) is 26.3 Å². The van der Waals surface area contributed by atoms with Crippen LogP contribution in [0.15, 0.2) is 30.2 Å². The zero-order valence-electron chi connectivity index (χ0n) is 7.20. The topological polar surface area (TPSA) is 12.4 Å². The van der Waals surface area contributed by atoms with Gasteiger partial charge in [-0.15, -0.1) is 0 Å². The third-order valence-corrected chi connectivity index (χ3v) is 2.35. The van der Waals surface area contributed by atoms with Gasteiger partial charge in [-0.25, -0.2) is 9.48 Å². The Kier molecular flexibility index (Phi) is 2.25. The first-order chi connectivity index (χ1) is 5.25. The molecule has 0 aromatic heterocycles. The van der Waals surface area contributed by atoms with Crippen molar-refractivity contribution in [2.24, 2.45) is 4.99 Å². The predicted molar refractivity (Wildman–Crippen MR) is 47.8 cm³/mol. The molecule has 2 nitrogen and oxygen atoms in total. The minimum atomic E-state index is 0.537. The van der Waals surface area contributed by atoms with Crippen LogP contribution in [0, 0.1) is 0 Å². The van der Waals surface area contributed by atoms with Crippen LogP contribution in [0.4, 0.5) is 0 Å². The standard InChI is InChI=1S/C9H15N2/c1-4-9(3)11(5-2)7-6-10-8-11/h5-9H,2,4H2,1,3H3/q+1. The highest BCUT2D eigenvalue weighted by molar-refractivity contribution is 5.52. The summed E-state index contributed by atoms with van der Waals surface area (Å²) >= 11 is 0. The van der Waals surface area contributed by atoms with Gasteiger partial charge < -0.3 is 0 Å². The second-order valence-corrected chi connectivity index (χ2v) is 2.90. The van der Waals surface area contributed by atoms with E-state index in [0.29, 0.717) is 10.5 Å². The quantitative estimate of drug-likeness (QED) is 0.549. The van der Waals surface area contributed by atoms with E-state index < -0.39 is 0 Å². The molecule has 60 valence electrons. The highest BCUT2D eigenvalue weighted by atomic mass is 15.4. The second-order valence-electron chi connectivity index (χ2n) is 2.90. The minimum Gasteiger partial charge on any atom is -0.226 e. The highest BCUT2D eigenvalue weighted by Gasteiger charge is 2.28. The Morgan fingerprint density at radius 3 is 2.82 bits per heavy atom. The Morgan fingerprint density at radius 2 is 2.45 bits per heavy atom. The Morgan fingerprint density at radius 1 is 1.73 bits per heavy atom. The summed E-state index contributed by atoms with van der Waals surface area (Å²) in [6.45, 7) is 8.19. The van der Waals surface area contributed by atoms with Crippen molar-refractivity contribution >= 4 is 6.34 Å². The maximum Gasteiger partial charge on any atom is 0.199 e. The van der Waals surface area contributed by atoms with Crippen molar-refractivity contribution in [1.29, 1.82) is 0 Å². The van der Waals surface area contributed by atoms with E-state index in [1.54, 1.807) is 0 Å². The monoisotopic (exact) mass is 151 g/mol. The van der Waals surface area contributed by atoms with Gasteiger partial charge in [0.2, 0.25) is 0 Å². The van der Waals surface area contributed by atoms with Crippen LogP contribution < -0.4 is 0 Å². The summed E-state index contributed by atoms with van der Waals surface area (Å²) in [7, 11) is 0. The van der Waals surface area contributed by atoms with Crippen molar-refractivity contribution in [3.63, 3.8) is 0 Å². The summed E-state index contributed by atoms with van der Waals surface area (Å²) in [4.78, 5) is 4.07. The van der Waals surface area contributed by atoms with Crippen molar-refractivity contribution in [3.05, 3.63) is 25.2 Å². The highest BCUT2D eigenvalue weighted by Crippen LogP contribution is 2.19. The molecule has 2 unspecified atom stereocenters. The molecule has 1 rings (SSSR count). The molecule has 0 aromatic rings. The third kappa shape index (κ3) is 1.26. The van der Waals surface area contributed by atoms with Crippen LogP contribution in [-0.4, -0.2) is 16.9 Å². The van der Waals surface area contributed by atoms with E-state index >= 15 is 0 Å². The summed E-state index contributed by atoms with van der Waals surface area (Å²) < 4.78 is 0.691. The van der Waals surface area contributed by atoms with Gasteiger partial charge in [0, 0.05) is 0 Å². The zero-order valence-corrected chi connectivity index (χ0v) is 7.20. The minimum absolute atomic E-state index is 0.537. The van der Waals surface area contributed by atoms with Gasteiger partial charge in [0.15, 0.2) is 6.34 Å². The number of hydrogen-bond acceptors (Lipinski definition) is 1. The van der Waals surface area contributed by atoms with Crippen LogP contribution in [0.1, 0.15) is 20.3 Å². The predicted octanol–water partition coefficient (Wildman–Crippen LogP) is 2.26. The van der Waals surface area contributed by atoms with Gasteiger partial charge in [-0.05, 0) is 19.9 Å². The zero-order chi connectivity index (χ0) is 8.32. The molecule has 1 aliphatic heterocycles. The van der Waals surface area contributed by atoms with Gasteiger partial charge in [-0.2, -0.15) is 0 Å². The Hall–Kier alpha value is -0.890. The fourth-order valence-corrected chi connectivity index (χ4v) is 1.21. The lowest BCUT2D eigenvalue weighted by molar-refractivity contribution is -0.750. The van der Waals surface area contributed by atoms with Crippen molar-refractivity contribution in [2.75, 3.05) is 0 Å². The first-order valence-corrected chi connectivity index (χ1v) is 3.98. The number of nitrogens with zero attached hydrogens (tertiary/aromatic N) is 2. The second kappa shape index (κ2) is 3.01. The van der Waals surface area contributed by atoms with Crippen LogP contribution in [-0.2, 0) is 0 Å². The fraction of sp³-hybridized carbons (Fsp3) is 0.444. The van der Waals surface area contributed by atoms with E-state index in [2.05, 4.69) is 31.6 Å². The molecule has 1 aliphatic rings. The van der Waals surface area contributed by atoms with E-state index in [0.717, 1.165) is 6.42 Å². The Labute approximate surface area is 68.1 Å². The first-order valence-electron chi connectivity index (χ1n) is 3.98. The summed E-state index contributed by atoms with van der Waals surface area (Å²) in [6, 6.07) is 0.537. The van der Waals surface area contributed by atoms with E-state index in [-0.39, 0.29) is 0 Å². The van der Waals surface area contributed by atoms with Crippen LogP contribution in [0.25, 0.3) is 0 Å². The van der Waals surface area contributed by atoms with Crippen LogP contribution in [0.5, 0.6) is 0 Å². The Balaban J connectivity index is 2.84. The smallest absolute Gasteiger partial charge is 0.199 e. The largest absolute Gasteiger partial charge is 0.226 e. The maximum absolute atomic E-state index is 4.07. The van der Waals surface area contributed by atoms with Gasteiger partial charge in [-0.1, -0.05) is 6.92 Å². The van der Waals surface area contributed by atoms with Gasteiger partial charge in [0.1, 0.15) is 6.20 Å². The lowest BCUT2D eigenvalue weighted by Gasteiger charge is -2.28. The van der Waals surface area contributed by atoms with E-state index in [4.69, 9.17) is 0 Å². The van der Waals surface area contributed by atoms with Gasteiger partial charge in [0.25, 0.3) is 0 Å². The fourth-order valence-electron chi connectivity index (χ4n) is 1.21. The molecule has 1 heterocycles. The number of aliphatic imine (C=N–C) groups is 1. The molecule has 0 spiro atoms. The SMILES string of the molecule is C=C[N+]1(C(C)CC)C=CN=C1. The van der Waals surface area contributed by atoms with Crippen LogP contribution in [0.2, 0.25) is 0 Å². The molecule has 0 bridgehead atoms. The van der Waals surface area contributed by atoms with Crippen molar-refractivity contribution in [3.8, 4) is 0 Å². The van der Waals surface area contributed by atoms with Crippen LogP contribution >= 0.6 is 0 Å². The first kappa shape index (κ1) is 8.21. The number of quaternary nitrogens is 1. The summed E-state index contributed by atoms with van der Waals surface area (Å²) in [5.41, 5.74) is 0. The molecule has 0 amide bonds. The molecule has 0 radical (unpaired) electrons. The van der Waals surface area contributed by atoms with Crippen molar-refractivity contribution in [1.82, 2.24) is 0 Å². The molecule has 0 N–H and O–H groups in total. The summed E-state index contributed by atoms with van der Waals surface area (Å²) in [6.07, 6.45) is 8.85. The van der Waals surface area contributed by atoms with Crippen molar-refractivity contribution < 1.29 is 4.48 Å². The summed E-state index contributed by atoms with van der Waals surface area (Å²) in [5, 5.41) is 0. The maximum atomic E-state index is 4.07. The third-order valence-electron chi connectivity index (χ3n) is 2.35. The van der Waals surface area contributed by atoms with Gasteiger partial charge in [0.05, 0.1) is 18.4 Å². The molecule has 0 aromatic carbocycles. The normalized spacial score (nSPS) is 30.7. The molecule has 2 heteroatoms. The van der Waals surface area contributed by atoms with E-state index in [9.17, 15) is 0 Å². The molecule has 11 heavy (non-hydrogen) atoms. The average Bonchev–Trinajstić information content (AvgIpc) is 2.52. The molecular weight excluding hydrogens is 136 g/mol. The van der Waals surface area contributed by atoms with Gasteiger partial charge >= 0.3 is 0 Å². The Bertz CT molecular complexity index is 192. The molecule has 0 aliphatic carbocycles. The molecular formula is C9H15N2+. The van der Waals surface area contributed by atoms with Gasteiger partial charge in [-0.3, -0.25) is 0 Å².